The smallest absolute Gasteiger partial charge is 0.235 e. The molecule has 1 aromatic rings. The van der Waals surface area contributed by atoms with Crippen molar-refractivity contribution >= 4 is 5.91 Å². The van der Waals surface area contributed by atoms with E-state index in [2.05, 4.69) is 0 Å². The Bertz CT molecular complexity index is 377. The molecule has 0 radical (unpaired) electrons. The number of aliphatic hydroxyl groups excluding tert-OH is 1. The highest BCUT2D eigenvalue weighted by Crippen LogP contribution is 2.38. The molecular weight excluding hydrogens is 202 g/mol. The van der Waals surface area contributed by atoms with Crippen molar-refractivity contribution in [2.24, 2.45) is 0 Å². The van der Waals surface area contributed by atoms with Crippen LogP contribution in [0.25, 0.3) is 0 Å². The van der Waals surface area contributed by atoms with E-state index in [0.717, 1.165) is 18.4 Å². The zero-order valence-corrected chi connectivity index (χ0v) is 9.52. The normalized spacial score (nSPS) is 25.1. The highest BCUT2D eigenvalue weighted by atomic mass is 16.3. The van der Waals surface area contributed by atoms with Crippen molar-refractivity contribution in [1.82, 2.24) is 4.90 Å². The monoisotopic (exact) mass is 219 g/mol. The van der Waals surface area contributed by atoms with E-state index >= 15 is 0 Å². The molecule has 1 amide bonds. The van der Waals surface area contributed by atoms with Gasteiger partial charge in [-0.3, -0.25) is 4.79 Å². The Morgan fingerprint density at radius 1 is 1.38 bits per heavy atom. The highest BCUT2D eigenvalue weighted by molar-refractivity contribution is 5.90. The molecule has 3 nitrogen and oxygen atoms in total. The van der Waals surface area contributed by atoms with E-state index in [9.17, 15) is 4.79 Å². The number of carbonyl (C=O) groups is 1. The number of nitrogens with zero attached hydrogens (tertiary/aromatic N) is 1. The molecule has 1 N–H and O–H groups in total. The summed E-state index contributed by atoms with van der Waals surface area (Å²) >= 11 is 0. The Balaban J connectivity index is 2.39. The lowest BCUT2D eigenvalue weighted by atomic mass is 9.77. The summed E-state index contributed by atoms with van der Waals surface area (Å²) in [7, 11) is 0. The Labute approximate surface area is 95.7 Å². The maximum atomic E-state index is 12.3. The number of hydrogen-bond acceptors (Lipinski definition) is 2. The molecule has 1 aromatic carbocycles. The molecule has 2 rings (SSSR count). The van der Waals surface area contributed by atoms with Crippen LogP contribution < -0.4 is 0 Å². The van der Waals surface area contributed by atoms with E-state index in [-0.39, 0.29) is 12.6 Å². The van der Waals surface area contributed by atoms with Crippen molar-refractivity contribution < 1.29 is 9.90 Å². The van der Waals surface area contributed by atoms with Gasteiger partial charge in [-0.15, -0.1) is 0 Å². The third-order valence-electron chi connectivity index (χ3n) is 3.61. The molecule has 1 aliphatic heterocycles. The van der Waals surface area contributed by atoms with Gasteiger partial charge < -0.3 is 10.0 Å². The quantitative estimate of drug-likeness (QED) is 0.837. The standard InChI is InChI=1S/C13H17NO2/c1-2-13(11-6-4-3-5-7-11)8-9-14(10-15)12(13)16/h3-7,15H,2,8-10H2,1H3. The number of carbonyl (C=O) groups excluding carboxylic acids is 1. The minimum Gasteiger partial charge on any atom is -0.376 e. The Kier molecular flexibility index (Phi) is 2.97. The fourth-order valence-corrected chi connectivity index (χ4v) is 2.53. The van der Waals surface area contributed by atoms with Gasteiger partial charge in [-0.25, -0.2) is 0 Å². The third kappa shape index (κ3) is 1.52. The Morgan fingerprint density at radius 3 is 2.56 bits per heavy atom. The van der Waals surface area contributed by atoms with Gasteiger partial charge in [0, 0.05) is 6.54 Å². The van der Waals surface area contributed by atoms with Crippen LogP contribution in [0.5, 0.6) is 0 Å². The van der Waals surface area contributed by atoms with Gasteiger partial charge in [0.15, 0.2) is 0 Å². The lowest BCUT2D eigenvalue weighted by Gasteiger charge is -2.26. The van der Waals surface area contributed by atoms with Gasteiger partial charge in [0.05, 0.1) is 5.41 Å². The van der Waals surface area contributed by atoms with Crippen LogP contribution in [0.3, 0.4) is 0 Å². The summed E-state index contributed by atoms with van der Waals surface area (Å²) in [5, 5.41) is 9.12. The molecule has 1 aliphatic rings. The van der Waals surface area contributed by atoms with Crippen molar-refractivity contribution in [1.29, 1.82) is 0 Å². The second kappa shape index (κ2) is 4.26. The fourth-order valence-electron chi connectivity index (χ4n) is 2.53. The van der Waals surface area contributed by atoms with E-state index in [1.807, 2.05) is 37.3 Å². The molecule has 0 spiro atoms. The van der Waals surface area contributed by atoms with Crippen LogP contribution in [0.15, 0.2) is 30.3 Å². The van der Waals surface area contributed by atoms with E-state index in [0.29, 0.717) is 6.54 Å². The second-order valence-electron chi connectivity index (χ2n) is 4.26. The Hall–Kier alpha value is -1.35. The van der Waals surface area contributed by atoms with Crippen molar-refractivity contribution in [2.75, 3.05) is 13.3 Å². The van der Waals surface area contributed by atoms with Gasteiger partial charge >= 0.3 is 0 Å². The summed E-state index contributed by atoms with van der Waals surface area (Å²) < 4.78 is 0. The van der Waals surface area contributed by atoms with Crippen LogP contribution in [-0.4, -0.2) is 29.2 Å². The minimum absolute atomic E-state index is 0.0590. The van der Waals surface area contributed by atoms with E-state index in [1.165, 1.54) is 4.90 Å². The lowest BCUT2D eigenvalue weighted by Crippen LogP contribution is -2.37. The second-order valence-corrected chi connectivity index (χ2v) is 4.26. The Morgan fingerprint density at radius 2 is 2.06 bits per heavy atom. The van der Waals surface area contributed by atoms with E-state index in [1.54, 1.807) is 0 Å². The molecule has 1 heterocycles. The number of amides is 1. The predicted octanol–water partition coefficient (Wildman–Crippen LogP) is 1.52. The summed E-state index contributed by atoms with van der Waals surface area (Å²) in [6.07, 6.45) is 1.58. The molecule has 0 aliphatic carbocycles. The maximum absolute atomic E-state index is 12.3. The first-order valence-corrected chi connectivity index (χ1v) is 5.70. The van der Waals surface area contributed by atoms with Crippen LogP contribution in [0.2, 0.25) is 0 Å². The SMILES string of the molecule is CCC1(c2ccccc2)CCN(CO)C1=O. The number of aliphatic hydroxyl groups is 1. The number of hydrogen-bond donors (Lipinski definition) is 1. The highest BCUT2D eigenvalue weighted by Gasteiger charge is 2.46. The van der Waals surface area contributed by atoms with Gasteiger partial charge in [0.1, 0.15) is 6.73 Å². The average Bonchev–Trinajstić information content (AvgIpc) is 2.68. The van der Waals surface area contributed by atoms with Gasteiger partial charge in [-0.05, 0) is 18.4 Å². The molecular formula is C13H17NO2. The largest absolute Gasteiger partial charge is 0.376 e. The number of rotatable bonds is 3. The summed E-state index contributed by atoms with van der Waals surface area (Å²) in [5.74, 6) is 0.0590. The first kappa shape index (κ1) is 11.1. The molecule has 1 unspecified atom stereocenters. The van der Waals surface area contributed by atoms with Gasteiger partial charge in [-0.2, -0.15) is 0 Å². The summed E-state index contributed by atoms with van der Waals surface area (Å²) in [6, 6.07) is 9.88. The first-order valence-electron chi connectivity index (χ1n) is 5.70. The minimum atomic E-state index is -0.413. The van der Waals surface area contributed by atoms with Crippen LogP contribution in [0.1, 0.15) is 25.3 Å². The molecule has 1 fully saturated rings. The zero-order valence-electron chi connectivity index (χ0n) is 9.52. The molecule has 0 saturated carbocycles. The van der Waals surface area contributed by atoms with Gasteiger partial charge in [-0.1, -0.05) is 37.3 Å². The average molecular weight is 219 g/mol. The summed E-state index contributed by atoms with van der Waals surface area (Å²) in [5.41, 5.74) is 0.655. The van der Waals surface area contributed by atoms with Crippen molar-refractivity contribution in [3.05, 3.63) is 35.9 Å². The molecule has 1 saturated heterocycles. The molecule has 86 valence electrons. The molecule has 0 bridgehead atoms. The lowest BCUT2D eigenvalue weighted by molar-refractivity contribution is -0.135. The third-order valence-corrected chi connectivity index (χ3v) is 3.61. The zero-order chi connectivity index (χ0) is 11.6. The van der Waals surface area contributed by atoms with E-state index < -0.39 is 5.41 Å². The summed E-state index contributed by atoms with van der Waals surface area (Å²) in [6.45, 7) is 2.51. The maximum Gasteiger partial charge on any atom is 0.235 e. The van der Waals surface area contributed by atoms with E-state index in [4.69, 9.17) is 5.11 Å². The summed E-state index contributed by atoms with van der Waals surface area (Å²) in [4.78, 5) is 13.8. The van der Waals surface area contributed by atoms with Crippen LogP contribution in [0.4, 0.5) is 0 Å². The molecule has 0 aromatic heterocycles. The van der Waals surface area contributed by atoms with Crippen LogP contribution >= 0.6 is 0 Å². The molecule has 3 heteroatoms. The number of likely N-dealkylation sites (tertiary alicyclic amines) is 1. The first-order chi connectivity index (χ1) is 7.74. The van der Waals surface area contributed by atoms with Gasteiger partial charge in [0.2, 0.25) is 5.91 Å². The van der Waals surface area contributed by atoms with Crippen molar-refractivity contribution in [2.45, 2.75) is 25.2 Å². The van der Waals surface area contributed by atoms with Crippen LogP contribution in [-0.2, 0) is 10.2 Å². The fraction of sp³-hybridized carbons (Fsp3) is 0.462. The molecule has 16 heavy (non-hydrogen) atoms. The predicted molar refractivity (Wildman–Crippen MR) is 61.8 cm³/mol. The number of benzene rings is 1. The van der Waals surface area contributed by atoms with Gasteiger partial charge in [0.25, 0.3) is 0 Å². The van der Waals surface area contributed by atoms with Crippen LogP contribution in [0, 0.1) is 0 Å². The topological polar surface area (TPSA) is 40.5 Å². The van der Waals surface area contributed by atoms with Crippen molar-refractivity contribution in [3.8, 4) is 0 Å². The molecule has 1 atom stereocenters. The van der Waals surface area contributed by atoms with Crippen molar-refractivity contribution in [3.63, 3.8) is 0 Å².